The summed E-state index contributed by atoms with van der Waals surface area (Å²) in [4.78, 5) is 25.8. The van der Waals surface area contributed by atoms with Crippen molar-refractivity contribution < 1.29 is 22.7 Å². The lowest BCUT2D eigenvalue weighted by molar-refractivity contribution is -0.114. The minimum atomic E-state index is -3.24. The largest absolute Gasteiger partial charge is 0.462 e. The van der Waals surface area contributed by atoms with E-state index in [2.05, 4.69) is 10.6 Å². The van der Waals surface area contributed by atoms with Crippen LogP contribution in [0.2, 0.25) is 0 Å². The highest BCUT2D eigenvalue weighted by Gasteiger charge is 2.26. The summed E-state index contributed by atoms with van der Waals surface area (Å²) in [6, 6.07) is 7.42. The maximum Gasteiger partial charge on any atom is 0.341 e. The maximum absolute atomic E-state index is 12.6. The van der Waals surface area contributed by atoms with Crippen molar-refractivity contribution in [3.8, 4) is 0 Å². The van der Waals surface area contributed by atoms with Gasteiger partial charge in [-0.25, -0.2) is 13.2 Å². The number of esters is 1. The number of carbonyl (C=O) groups is 2. The summed E-state index contributed by atoms with van der Waals surface area (Å²) in [6.45, 7) is 6.42. The number of carbonyl (C=O) groups excluding carboxylic acids is 2. The van der Waals surface area contributed by atoms with Crippen LogP contribution in [0.1, 0.15) is 47.1 Å². The molecule has 0 atom stereocenters. The maximum atomic E-state index is 12.6. The van der Waals surface area contributed by atoms with Crippen molar-refractivity contribution in [1.82, 2.24) is 4.31 Å². The van der Waals surface area contributed by atoms with Gasteiger partial charge in [0.15, 0.2) is 0 Å². The zero-order valence-electron chi connectivity index (χ0n) is 18.6. The summed E-state index contributed by atoms with van der Waals surface area (Å²) in [5.74, 6) is -0.643. The molecule has 0 unspecified atom stereocenters. The predicted molar refractivity (Wildman–Crippen MR) is 127 cm³/mol. The molecule has 1 aromatic carbocycles. The van der Waals surface area contributed by atoms with E-state index in [1.165, 1.54) is 15.6 Å². The van der Waals surface area contributed by atoms with Gasteiger partial charge in [0.05, 0.1) is 24.5 Å². The van der Waals surface area contributed by atoms with Crippen LogP contribution in [0, 0.1) is 0 Å². The third kappa shape index (κ3) is 5.48. The van der Waals surface area contributed by atoms with Gasteiger partial charge in [-0.1, -0.05) is 19.1 Å². The van der Waals surface area contributed by atoms with Crippen molar-refractivity contribution in [3.63, 3.8) is 0 Å². The van der Waals surface area contributed by atoms with Crippen LogP contribution in [0.15, 0.2) is 24.3 Å². The molecule has 0 saturated carbocycles. The number of sulfonamides is 1. The number of benzene rings is 1. The van der Waals surface area contributed by atoms with Gasteiger partial charge in [0.1, 0.15) is 5.00 Å². The molecule has 3 rings (SSSR count). The fraction of sp³-hybridized carbons (Fsp3) is 0.455. The number of ether oxygens (including phenoxy) is 1. The second-order valence-electron chi connectivity index (χ2n) is 7.36. The topological polar surface area (TPSA) is 105 Å². The smallest absolute Gasteiger partial charge is 0.341 e. The molecular weight excluding hydrogens is 450 g/mol. The number of nitrogens with one attached hydrogen (secondary N) is 2. The second kappa shape index (κ2) is 10.5. The van der Waals surface area contributed by atoms with E-state index in [1.807, 2.05) is 25.1 Å². The molecule has 1 aromatic heterocycles. The Hall–Kier alpha value is -2.43. The Bertz CT molecular complexity index is 1090. The van der Waals surface area contributed by atoms with Gasteiger partial charge in [-0.3, -0.25) is 4.79 Å². The summed E-state index contributed by atoms with van der Waals surface area (Å²) >= 11 is 1.37. The predicted octanol–water partition coefficient (Wildman–Crippen LogP) is 3.25. The first-order chi connectivity index (χ1) is 15.3. The molecule has 0 saturated heterocycles. The molecule has 8 nitrogen and oxygen atoms in total. The molecule has 0 aliphatic carbocycles. The molecule has 0 spiro atoms. The molecular formula is C22H29N3O5S2. The molecule has 0 fully saturated rings. The second-order valence-corrected chi connectivity index (χ2v) is 10.8. The van der Waals surface area contributed by atoms with E-state index in [1.54, 1.807) is 19.9 Å². The highest BCUT2D eigenvalue weighted by atomic mass is 32.2. The molecule has 1 aliphatic rings. The van der Waals surface area contributed by atoms with Crippen molar-refractivity contribution >= 4 is 43.9 Å². The Balaban J connectivity index is 1.68. The zero-order valence-corrected chi connectivity index (χ0v) is 20.2. The summed E-state index contributed by atoms with van der Waals surface area (Å²) in [5.41, 5.74) is 3.15. The average molecular weight is 480 g/mol. The molecule has 2 heterocycles. The molecule has 1 aliphatic heterocycles. The van der Waals surface area contributed by atoms with Gasteiger partial charge in [-0.15, -0.1) is 11.3 Å². The van der Waals surface area contributed by atoms with Crippen LogP contribution in [0.3, 0.4) is 0 Å². The van der Waals surface area contributed by atoms with Crippen molar-refractivity contribution in [2.45, 2.75) is 40.2 Å². The molecule has 0 radical (unpaired) electrons. The van der Waals surface area contributed by atoms with Gasteiger partial charge < -0.3 is 15.4 Å². The Labute approximate surface area is 193 Å². The first-order valence-electron chi connectivity index (χ1n) is 10.7. The first kappa shape index (κ1) is 24.2. The number of fused-ring (bicyclic) bond motifs is 1. The van der Waals surface area contributed by atoms with E-state index >= 15 is 0 Å². The lowest BCUT2D eigenvalue weighted by Crippen LogP contribution is -2.37. The number of aryl methyl sites for hydroxylation is 1. The fourth-order valence-corrected chi connectivity index (χ4v) is 5.66. The number of nitrogens with zero attached hydrogens (tertiary/aromatic N) is 1. The van der Waals surface area contributed by atoms with Crippen molar-refractivity contribution in [2.75, 3.05) is 36.1 Å². The van der Waals surface area contributed by atoms with Crippen molar-refractivity contribution in [3.05, 3.63) is 45.8 Å². The van der Waals surface area contributed by atoms with Gasteiger partial charge in [-0.05, 0) is 49.9 Å². The number of hydrogen-bond acceptors (Lipinski definition) is 7. The molecule has 2 aromatic rings. The zero-order chi connectivity index (χ0) is 23.3. The minimum Gasteiger partial charge on any atom is -0.462 e. The first-order valence-corrected chi connectivity index (χ1v) is 13.1. The lowest BCUT2D eigenvalue weighted by Gasteiger charge is -2.29. The molecule has 32 heavy (non-hydrogen) atoms. The Morgan fingerprint density at radius 2 is 2.00 bits per heavy atom. The summed E-state index contributed by atoms with van der Waals surface area (Å²) in [6.07, 6.45) is 1.34. The summed E-state index contributed by atoms with van der Waals surface area (Å²) < 4.78 is 31.0. The van der Waals surface area contributed by atoms with E-state index < -0.39 is 16.0 Å². The van der Waals surface area contributed by atoms with Crippen molar-refractivity contribution in [1.29, 1.82) is 0 Å². The standard InChI is InChI=1S/C22H29N3O5S2/c1-4-16-12-18(22(27)30-5-2)21(31-16)24-20(26)13-23-19-9-7-8-15-14-25(11-10-17(15)19)32(28,29)6-3/h7-9,12,23H,4-6,10-11,13-14H2,1-3H3,(H,24,26). The van der Waals surface area contributed by atoms with Gasteiger partial charge in [-0.2, -0.15) is 4.31 Å². The number of amides is 1. The lowest BCUT2D eigenvalue weighted by atomic mass is 9.99. The minimum absolute atomic E-state index is 0.0229. The van der Waals surface area contributed by atoms with Crippen LogP contribution >= 0.6 is 11.3 Å². The summed E-state index contributed by atoms with van der Waals surface area (Å²) in [5, 5.41) is 6.47. The molecule has 10 heteroatoms. The van der Waals surface area contributed by atoms with Gasteiger partial charge in [0.25, 0.3) is 0 Å². The van der Waals surface area contributed by atoms with Gasteiger partial charge >= 0.3 is 5.97 Å². The molecule has 0 bridgehead atoms. The third-order valence-electron chi connectivity index (χ3n) is 5.31. The Morgan fingerprint density at radius 3 is 2.69 bits per heavy atom. The quantitative estimate of drug-likeness (QED) is 0.535. The van der Waals surface area contributed by atoms with Crippen molar-refractivity contribution in [2.24, 2.45) is 0 Å². The van der Waals surface area contributed by atoms with Crippen LogP contribution in [0.4, 0.5) is 10.7 Å². The highest BCUT2D eigenvalue weighted by molar-refractivity contribution is 7.89. The summed E-state index contributed by atoms with van der Waals surface area (Å²) in [7, 11) is -3.24. The molecule has 2 N–H and O–H groups in total. The molecule has 174 valence electrons. The van der Waals surface area contributed by atoms with Crippen LogP contribution in [-0.4, -0.2) is 50.0 Å². The number of hydrogen-bond donors (Lipinski definition) is 2. The fourth-order valence-electron chi connectivity index (χ4n) is 3.59. The highest BCUT2D eigenvalue weighted by Crippen LogP contribution is 2.30. The SMILES string of the molecule is CCOC(=O)c1cc(CC)sc1NC(=O)CNc1cccc2c1CCN(S(=O)(=O)CC)C2. The van der Waals surface area contributed by atoms with Crippen LogP contribution in [0.5, 0.6) is 0 Å². The Morgan fingerprint density at radius 1 is 1.22 bits per heavy atom. The van der Waals surface area contributed by atoms with E-state index in [9.17, 15) is 18.0 Å². The normalized spacial score (nSPS) is 14.0. The van der Waals surface area contributed by atoms with E-state index in [-0.39, 0.29) is 24.8 Å². The van der Waals surface area contributed by atoms with Gasteiger partial charge in [0.2, 0.25) is 15.9 Å². The third-order valence-corrected chi connectivity index (χ3v) is 8.33. The monoisotopic (exact) mass is 479 g/mol. The van der Waals surface area contributed by atoms with Crippen LogP contribution in [-0.2, 0) is 38.9 Å². The van der Waals surface area contributed by atoms with E-state index in [0.717, 1.165) is 28.1 Å². The van der Waals surface area contributed by atoms with E-state index in [4.69, 9.17) is 4.74 Å². The average Bonchev–Trinajstić information content (AvgIpc) is 3.20. The van der Waals surface area contributed by atoms with E-state index in [0.29, 0.717) is 30.1 Å². The number of rotatable bonds is 9. The Kier molecular flexibility index (Phi) is 7.91. The molecule has 1 amide bonds. The van der Waals surface area contributed by atoms with Crippen LogP contribution in [0.25, 0.3) is 0 Å². The van der Waals surface area contributed by atoms with Gasteiger partial charge in [0, 0.05) is 23.7 Å². The van der Waals surface area contributed by atoms with Crippen LogP contribution < -0.4 is 10.6 Å². The number of thiophene rings is 1. The number of anilines is 2.